The van der Waals surface area contributed by atoms with Gasteiger partial charge in [-0.25, -0.2) is 18.6 Å². The summed E-state index contributed by atoms with van der Waals surface area (Å²) in [6, 6.07) is 35.0. The predicted molar refractivity (Wildman–Crippen MR) is 251 cm³/mol. The number of halogens is 4. The lowest BCUT2D eigenvalue weighted by Gasteiger charge is -2.48. The van der Waals surface area contributed by atoms with Crippen LogP contribution in [-0.2, 0) is 35.8 Å². The summed E-state index contributed by atoms with van der Waals surface area (Å²) in [5, 5.41) is 0. The van der Waals surface area contributed by atoms with Crippen LogP contribution in [-0.4, -0.2) is 98.2 Å². The van der Waals surface area contributed by atoms with E-state index in [4.69, 9.17) is 0 Å². The Kier molecular flexibility index (Phi) is 22.9. The molecule has 1 heterocycles. The van der Waals surface area contributed by atoms with Gasteiger partial charge in [0.1, 0.15) is 52.4 Å². The molecule has 0 saturated carbocycles. The van der Waals surface area contributed by atoms with Gasteiger partial charge in [0.25, 0.3) is 0 Å². The summed E-state index contributed by atoms with van der Waals surface area (Å²) in [5.41, 5.74) is 9.61. The summed E-state index contributed by atoms with van der Waals surface area (Å²) < 4.78 is 2.48. The maximum Gasteiger partial charge on any atom is 0.317 e. The highest BCUT2D eigenvalue weighted by Crippen LogP contribution is 2.35. The molecule has 0 aromatic heterocycles. The SMILES string of the molecule is C=Cc1ccc(C[N+]2(C(=O)C(C)CC(C)c3ccc(C[N+](C)(C)C)cc3)CC[N+](Cc3ccc(C=C)cc3)(C(=O)C(C)CC(C)c3ccc(C[N+](C)(C)C)cc3)CC2)cc1.[Cl-].[Cl-].[Cl-].[Cl-]. The molecule has 0 spiro atoms. The first kappa shape index (κ1) is 58.7. The number of nitrogens with zero attached hydrogens (tertiary/aromatic N) is 4. The standard InChI is InChI=1S/C54H76N4O2.4ClH/c1-13-45-15-19-49(20-16-45)39-57(53(59)43(5)35-41(3)51-27-23-47(24-28-51)37-55(7,8)9)31-33-58(34-32-57,40-50-21-17-46(14-2)18-22-50)54(60)44(6)36-42(4)52-29-25-48(26-30-52)38-56(10,11)12;;;;/h13-30,41-44H,1-2,31-40H2,3-12H3;4*1H/q+4;;;;/p-4. The van der Waals surface area contributed by atoms with Crippen molar-refractivity contribution < 1.29 is 77.1 Å². The highest BCUT2D eigenvalue weighted by Gasteiger charge is 2.52. The number of carbonyl (C=O) groups excluding carboxylic acids is 2. The van der Waals surface area contributed by atoms with Crippen molar-refractivity contribution in [3.63, 3.8) is 0 Å². The zero-order chi connectivity index (χ0) is 43.9. The largest absolute Gasteiger partial charge is 1.00 e. The average Bonchev–Trinajstić information content (AvgIpc) is 3.21. The minimum Gasteiger partial charge on any atom is -1.00 e. The summed E-state index contributed by atoms with van der Waals surface area (Å²) in [7, 11) is 13.3. The third-order valence-electron chi connectivity index (χ3n) is 12.9. The van der Waals surface area contributed by atoms with Crippen LogP contribution in [0.2, 0.25) is 0 Å². The number of rotatable bonds is 18. The van der Waals surface area contributed by atoms with Crippen LogP contribution < -0.4 is 49.6 Å². The minimum absolute atomic E-state index is 0. The number of piperazine rings is 1. The Morgan fingerprint density at radius 2 is 0.750 bits per heavy atom. The Balaban J connectivity index is 0.00000512. The molecule has 2 amide bonds. The van der Waals surface area contributed by atoms with Gasteiger partial charge >= 0.3 is 11.8 Å². The summed E-state index contributed by atoms with van der Waals surface area (Å²) in [6.07, 6.45) is 5.29. The molecular weight excluding hydrogens is 878 g/mol. The molecule has 10 heteroatoms. The average molecular weight is 955 g/mol. The molecule has 5 rings (SSSR count). The summed E-state index contributed by atoms with van der Waals surface area (Å²) in [4.78, 5) is 30.2. The molecule has 0 aliphatic carbocycles. The first-order chi connectivity index (χ1) is 28.2. The van der Waals surface area contributed by atoms with Crippen molar-refractivity contribution in [2.75, 3.05) is 68.5 Å². The fraction of sp³-hybridized carbons (Fsp3) is 0.444. The fourth-order valence-electron chi connectivity index (χ4n) is 9.59. The number of quaternary nitrogens is 4. The van der Waals surface area contributed by atoms with Crippen LogP contribution in [0.25, 0.3) is 12.2 Å². The zero-order valence-corrected chi connectivity index (χ0v) is 43.3. The Hall–Kier alpha value is -3.30. The quantitative estimate of drug-likeness (QED) is 0.114. The van der Waals surface area contributed by atoms with E-state index in [0.29, 0.717) is 48.2 Å². The Labute approximate surface area is 412 Å². The fourth-order valence-corrected chi connectivity index (χ4v) is 9.59. The van der Waals surface area contributed by atoms with E-state index in [0.717, 1.165) is 57.2 Å². The van der Waals surface area contributed by atoms with Crippen LogP contribution in [0, 0.1) is 11.8 Å². The number of carbonyl (C=O) groups is 2. The van der Waals surface area contributed by atoms with E-state index in [9.17, 15) is 0 Å². The zero-order valence-electron chi connectivity index (χ0n) is 40.3. The van der Waals surface area contributed by atoms with Crippen molar-refractivity contribution in [3.05, 3.63) is 155 Å². The highest BCUT2D eigenvalue weighted by molar-refractivity contribution is 5.73. The lowest BCUT2D eigenvalue weighted by atomic mass is 9.88. The molecule has 4 unspecified atom stereocenters. The van der Waals surface area contributed by atoms with E-state index in [1.807, 2.05) is 12.2 Å². The molecule has 6 nitrogen and oxygen atoms in total. The Bertz CT molecular complexity index is 1910. The summed E-state index contributed by atoms with van der Waals surface area (Å²) in [6.45, 7) is 22.3. The molecular formula is C54H76Cl4N4O2. The smallest absolute Gasteiger partial charge is 0.317 e. The molecule has 4 atom stereocenters. The lowest BCUT2D eigenvalue weighted by molar-refractivity contribution is -0.977. The van der Waals surface area contributed by atoms with Crippen LogP contribution in [0.15, 0.2) is 110 Å². The van der Waals surface area contributed by atoms with Gasteiger partial charge in [0.05, 0.1) is 54.1 Å². The van der Waals surface area contributed by atoms with Crippen molar-refractivity contribution in [1.29, 1.82) is 0 Å². The topological polar surface area (TPSA) is 34.1 Å². The van der Waals surface area contributed by atoms with Crippen molar-refractivity contribution >= 4 is 24.0 Å². The van der Waals surface area contributed by atoms with E-state index >= 15 is 9.59 Å². The molecule has 0 bridgehead atoms. The van der Waals surface area contributed by atoms with Gasteiger partial charge in [0.15, 0.2) is 0 Å². The molecule has 1 fully saturated rings. The highest BCUT2D eigenvalue weighted by atomic mass is 35.5. The maximum absolute atomic E-state index is 15.1. The molecule has 1 saturated heterocycles. The van der Waals surface area contributed by atoms with Gasteiger partial charge in [-0.3, -0.25) is 0 Å². The van der Waals surface area contributed by atoms with Gasteiger partial charge < -0.3 is 58.6 Å². The second-order valence-electron chi connectivity index (χ2n) is 20.5. The van der Waals surface area contributed by atoms with Gasteiger partial charge in [-0.2, -0.15) is 0 Å². The van der Waals surface area contributed by atoms with Crippen molar-refractivity contribution in [3.8, 4) is 0 Å². The monoisotopic (exact) mass is 952 g/mol. The number of hydrogen-bond acceptors (Lipinski definition) is 2. The van der Waals surface area contributed by atoms with Crippen molar-refractivity contribution in [1.82, 2.24) is 0 Å². The molecule has 64 heavy (non-hydrogen) atoms. The van der Waals surface area contributed by atoms with Gasteiger partial charge in [-0.05, 0) is 60.8 Å². The van der Waals surface area contributed by atoms with Crippen LogP contribution in [0.3, 0.4) is 0 Å². The third-order valence-corrected chi connectivity index (χ3v) is 12.9. The van der Waals surface area contributed by atoms with E-state index in [1.165, 1.54) is 22.3 Å². The predicted octanol–water partition coefficient (Wildman–Crippen LogP) is -1.54. The third kappa shape index (κ3) is 15.9. The van der Waals surface area contributed by atoms with E-state index < -0.39 is 0 Å². The number of hydrogen-bond donors (Lipinski definition) is 0. The normalized spacial score (nSPS) is 19.2. The van der Waals surface area contributed by atoms with Crippen molar-refractivity contribution in [2.24, 2.45) is 11.8 Å². The lowest BCUT2D eigenvalue weighted by Crippen LogP contribution is -3.00. The molecule has 1 aliphatic heterocycles. The van der Waals surface area contributed by atoms with E-state index in [-0.39, 0.29) is 85.1 Å². The second-order valence-corrected chi connectivity index (χ2v) is 20.5. The second kappa shape index (κ2) is 25.0. The Morgan fingerprint density at radius 3 is 1.00 bits per heavy atom. The molecule has 0 radical (unpaired) electrons. The summed E-state index contributed by atoms with van der Waals surface area (Å²) >= 11 is 0. The molecule has 352 valence electrons. The van der Waals surface area contributed by atoms with Gasteiger partial charge in [-0.1, -0.05) is 136 Å². The van der Waals surface area contributed by atoms with Crippen LogP contribution in [0.4, 0.5) is 0 Å². The van der Waals surface area contributed by atoms with Gasteiger partial charge in [0.2, 0.25) is 0 Å². The van der Waals surface area contributed by atoms with Gasteiger partial charge in [-0.15, -0.1) is 0 Å². The van der Waals surface area contributed by atoms with E-state index in [2.05, 4.69) is 180 Å². The number of amides is 2. The maximum atomic E-state index is 15.1. The first-order valence-electron chi connectivity index (χ1n) is 22.3. The molecule has 1 aliphatic rings. The van der Waals surface area contributed by atoms with Crippen molar-refractivity contribution in [2.45, 2.75) is 78.6 Å². The Morgan fingerprint density at radius 1 is 0.484 bits per heavy atom. The van der Waals surface area contributed by atoms with E-state index in [1.54, 1.807) is 0 Å². The number of benzene rings is 4. The van der Waals surface area contributed by atoms with Gasteiger partial charge in [0, 0.05) is 22.3 Å². The summed E-state index contributed by atoms with van der Waals surface area (Å²) in [5.74, 6) is 0.763. The first-order valence-corrected chi connectivity index (χ1v) is 22.3. The minimum atomic E-state index is -0.144. The molecule has 4 aromatic carbocycles. The van der Waals surface area contributed by atoms with Crippen LogP contribution in [0.5, 0.6) is 0 Å². The molecule has 0 N–H and O–H groups in total. The molecule has 4 aromatic rings. The van der Waals surface area contributed by atoms with Crippen LogP contribution in [0.1, 0.15) is 96.9 Å². The van der Waals surface area contributed by atoms with Crippen LogP contribution >= 0.6 is 0 Å².